The number of sulfone groups is 1. The first-order chi connectivity index (χ1) is 11.4. The number of aryl methyl sites for hydroxylation is 1. The van der Waals surface area contributed by atoms with Crippen LogP contribution < -0.4 is 10.9 Å². The summed E-state index contributed by atoms with van der Waals surface area (Å²) in [5.74, 6) is -0.0761. The van der Waals surface area contributed by atoms with E-state index < -0.39 is 9.84 Å². The van der Waals surface area contributed by atoms with Crippen LogP contribution in [0, 0.1) is 0 Å². The topological polar surface area (TPSA) is 111 Å². The van der Waals surface area contributed by atoms with Gasteiger partial charge >= 0.3 is 0 Å². The monoisotopic (exact) mass is 350 g/mol. The van der Waals surface area contributed by atoms with Crippen molar-refractivity contribution in [3.05, 3.63) is 34.6 Å². The smallest absolute Gasteiger partial charge is 0.277 e. The van der Waals surface area contributed by atoms with Crippen molar-refractivity contribution in [1.82, 2.24) is 20.3 Å². The largest absolute Gasteiger partial charge is 0.352 e. The first kappa shape index (κ1) is 16.6. The molecule has 3 rings (SSSR count). The van der Waals surface area contributed by atoms with Gasteiger partial charge in [-0.1, -0.05) is 17.3 Å². The van der Waals surface area contributed by atoms with Crippen molar-refractivity contribution in [3.63, 3.8) is 0 Å². The van der Waals surface area contributed by atoms with Crippen LogP contribution in [0.4, 0.5) is 0 Å². The lowest BCUT2D eigenvalue weighted by molar-refractivity contribution is -0.121. The summed E-state index contributed by atoms with van der Waals surface area (Å²) < 4.78 is 24.0. The fourth-order valence-corrected chi connectivity index (χ4v) is 4.44. The molecule has 9 heteroatoms. The Balaban J connectivity index is 1.54. The molecule has 1 unspecified atom stereocenters. The maximum Gasteiger partial charge on any atom is 0.277 e. The highest BCUT2D eigenvalue weighted by molar-refractivity contribution is 7.91. The molecule has 1 amide bonds. The lowest BCUT2D eigenvalue weighted by Crippen LogP contribution is -2.35. The lowest BCUT2D eigenvalue weighted by Gasteiger charge is -2.10. The van der Waals surface area contributed by atoms with Crippen molar-refractivity contribution in [3.8, 4) is 0 Å². The molecule has 1 fully saturated rings. The van der Waals surface area contributed by atoms with Crippen LogP contribution >= 0.6 is 0 Å². The number of aromatic nitrogens is 3. The fourth-order valence-electron chi connectivity index (χ4n) is 2.77. The van der Waals surface area contributed by atoms with Gasteiger partial charge in [-0.15, -0.1) is 5.10 Å². The number of carbonyl (C=O) groups excluding carboxylic acids is 1. The Morgan fingerprint density at radius 1 is 1.33 bits per heavy atom. The van der Waals surface area contributed by atoms with E-state index in [1.807, 2.05) is 0 Å². The van der Waals surface area contributed by atoms with E-state index in [-0.39, 0.29) is 42.0 Å². The summed E-state index contributed by atoms with van der Waals surface area (Å²) in [7, 11) is -3.01. The van der Waals surface area contributed by atoms with Crippen LogP contribution in [-0.4, -0.2) is 46.9 Å². The third kappa shape index (κ3) is 3.78. The molecule has 1 aliphatic heterocycles. The molecule has 0 aliphatic carbocycles. The molecule has 8 nitrogen and oxygen atoms in total. The Labute approximate surface area is 138 Å². The van der Waals surface area contributed by atoms with Crippen molar-refractivity contribution in [2.45, 2.75) is 31.8 Å². The Morgan fingerprint density at radius 2 is 2.12 bits per heavy atom. The van der Waals surface area contributed by atoms with Gasteiger partial charge in [-0.25, -0.2) is 13.1 Å². The Morgan fingerprint density at radius 3 is 2.88 bits per heavy atom. The standard InChI is InChI=1S/C15H18N4O4S/c20-14(16-11-7-9-24(22,23)10-11)6-3-8-19-15(21)12-4-1-2-5-13(12)17-18-19/h1-2,4-5,11H,3,6-10H2,(H,16,20). The minimum atomic E-state index is -3.01. The van der Waals surface area contributed by atoms with E-state index >= 15 is 0 Å². The van der Waals surface area contributed by atoms with E-state index in [0.29, 0.717) is 23.7 Å². The molecular formula is C15H18N4O4S. The van der Waals surface area contributed by atoms with Gasteiger partial charge in [0.15, 0.2) is 9.84 Å². The zero-order valence-electron chi connectivity index (χ0n) is 13.0. The van der Waals surface area contributed by atoms with Crippen molar-refractivity contribution in [2.24, 2.45) is 0 Å². The van der Waals surface area contributed by atoms with E-state index in [0.717, 1.165) is 0 Å². The Bertz CT molecular complexity index is 922. The molecule has 1 aliphatic rings. The highest BCUT2D eigenvalue weighted by Gasteiger charge is 2.28. The maximum atomic E-state index is 12.2. The van der Waals surface area contributed by atoms with E-state index in [2.05, 4.69) is 15.6 Å². The molecule has 0 bridgehead atoms. The zero-order chi connectivity index (χ0) is 17.2. The van der Waals surface area contributed by atoms with Gasteiger partial charge in [-0.2, -0.15) is 0 Å². The molecule has 2 heterocycles. The van der Waals surface area contributed by atoms with E-state index in [1.165, 1.54) is 4.68 Å². The fraction of sp³-hybridized carbons (Fsp3) is 0.467. The van der Waals surface area contributed by atoms with Gasteiger partial charge in [0.2, 0.25) is 5.91 Å². The van der Waals surface area contributed by atoms with Crippen LogP contribution in [0.15, 0.2) is 29.1 Å². The summed E-state index contributed by atoms with van der Waals surface area (Å²) in [6.45, 7) is 0.285. The van der Waals surface area contributed by atoms with E-state index in [9.17, 15) is 18.0 Å². The molecule has 1 saturated heterocycles. The van der Waals surface area contributed by atoms with Crippen LogP contribution in [0.25, 0.3) is 10.9 Å². The maximum absolute atomic E-state index is 12.2. The third-order valence-electron chi connectivity index (χ3n) is 4.00. The summed E-state index contributed by atoms with van der Waals surface area (Å²) in [4.78, 5) is 24.1. The number of nitrogens with one attached hydrogen (secondary N) is 1. The lowest BCUT2D eigenvalue weighted by atomic mass is 10.2. The quantitative estimate of drug-likeness (QED) is 0.804. The summed E-state index contributed by atoms with van der Waals surface area (Å²) in [5, 5.41) is 11.1. The third-order valence-corrected chi connectivity index (χ3v) is 5.77. The minimum Gasteiger partial charge on any atom is -0.352 e. The van der Waals surface area contributed by atoms with Gasteiger partial charge in [-0.05, 0) is 25.0 Å². The number of fused-ring (bicyclic) bond motifs is 1. The highest BCUT2D eigenvalue weighted by atomic mass is 32.2. The molecule has 24 heavy (non-hydrogen) atoms. The summed E-state index contributed by atoms with van der Waals surface area (Å²) >= 11 is 0. The molecule has 2 aromatic rings. The highest BCUT2D eigenvalue weighted by Crippen LogP contribution is 2.11. The summed E-state index contributed by atoms with van der Waals surface area (Å²) in [6.07, 6.45) is 1.10. The second-order valence-corrected chi connectivity index (χ2v) is 8.13. The number of nitrogens with zero attached hydrogens (tertiary/aromatic N) is 3. The van der Waals surface area contributed by atoms with Crippen LogP contribution in [0.5, 0.6) is 0 Å². The SMILES string of the molecule is O=C(CCCn1nnc2ccccc2c1=O)NC1CCS(=O)(=O)C1. The van der Waals surface area contributed by atoms with Crippen LogP contribution in [0.3, 0.4) is 0 Å². The second-order valence-electron chi connectivity index (χ2n) is 5.91. The van der Waals surface area contributed by atoms with Gasteiger partial charge in [0, 0.05) is 19.0 Å². The van der Waals surface area contributed by atoms with Crippen LogP contribution in [0.2, 0.25) is 0 Å². The number of amides is 1. The van der Waals surface area contributed by atoms with Gasteiger partial charge in [0.25, 0.3) is 5.56 Å². The van der Waals surface area contributed by atoms with Crippen molar-refractivity contribution in [1.29, 1.82) is 0 Å². The van der Waals surface area contributed by atoms with Gasteiger partial charge in [0.05, 0.1) is 16.9 Å². The number of benzene rings is 1. The number of rotatable bonds is 5. The minimum absolute atomic E-state index is 0.00828. The molecular weight excluding hydrogens is 332 g/mol. The summed E-state index contributed by atoms with van der Waals surface area (Å²) in [5.41, 5.74) is 0.307. The Hall–Kier alpha value is -2.29. The number of hydrogen-bond donors (Lipinski definition) is 1. The molecule has 1 N–H and O–H groups in total. The first-order valence-electron chi connectivity index (χ1n) is 7.77. The second kappa shape index (κ2) is 6.68. The Kier molecular flexibility index (Phi) is 4.61. The predicted molar refractivity (Wildman–Crippen MR) is 88.2 cm³/mol. The average Bonchev–Trinajstić information content (AvgIpc) is 2.88. The van der Waals surface area contributed by atoms with Crippen molar-refractivity contribution < 1.29 is 13.2 Å². The van der Waals surface area contributed by atoms with Crippen LogP contribution in [0.1, 0.15) is 19.3 Å². The predicted octanol–water partition coefficient (Wildman–Crippen LogP) is -0.125. The van der Waals surface area contributed by atoms with Crippen LogP contribution in [-0.2, 0) is 21.2 Å². The molecule has 0 radical (unpaired) electrons. The molecule has 1 atom stereocenters. The molecule has 0 spiro atoms. The number of hydrogen-bond acceptors (Lipinski definition) is 6. The molecule has 128 valence electrons. The normalized spacial score (nSPS) is 19.4. The average molecular weight is 350 g/mol. The molecule has 1 aromatic heterocycles. The number of carbonyl (C=O) groups is 1. The molecule has 0 saturated carbocycles. The first-order valence-corrected chi connectivity index (χ1v) is 9.59. The van der Waals surface area contributed by atoms with Crippen molar-refractivity contribution in [2.75, 3.05) is 11.5 Å². The van der Waals surface area contributed by atoms with Crippen molar-refractivity contribution >= 4 is 26.6 Å². The van der Waals surface area contributed by atoms with Gasteiger partial charge in [-0.3, -0.25) is 9.59 Å². The van der Waals surface area contributed by atoms with Gasteiger partial charge in [0.1, 0.15) is 5.52 Å². The summed E-state index contributed by atoms with van der Waals surface area (Å²) in [6, 6.07) is 6.66. The zero-order valence-corrected chi connectivity index (χ0v) is 13.8. The molecule has 1 aromatic carbocycles. The van der Waals surface area contributed by atoms with E-state index in [4.69, 9.17) is 0 Å². The van der Waals surface area contributed by atoms with Gasteiger partial charge < -0.3 is 5.32 Å². The van der Waals surface area contributed by atoms with E-state index in [1.54, 1.807) is 24.3 Å².